The third-order valence-electron chi connectivity index (χ3n) is 4.39. The van der Waals surface area contributed by atoms with Crippen LogP contribution < -0.4 is 5.32 Å². The number of aryl methyl sites for hydroxylation is 3. The van der Waals surface area contributed by atoms with Crippen molar-refractivity contribution in [1.29, 1.82) is 0 Å². The maximum atomic E-state index is 11.5. The summed E-state index contributed by atoms with van der Waals surface area (Å²) in [5.74, 6) is 0.645. The van der Waals surface area contributed by atoms with Crippen LogP contribution in [0, 0.1) is 20.8 Å². The first-order valence-corrected chi connectivity index (χ1v) is 9.15. The lowest BCUT2D eigenvalue weighted by molar-refractivity contribution is 0.419. The Morgan fingerprint density at radius 2 is 1.60 bits per heavy atom. The van der Waals surface area contributed by atoms with Crippen molar-refractivity contribution in [3.63, 3.8) is 0 Å². The highest BCUT2D eigenvalue weighted by Crippen LogP contribution is 2.23. The van der Waals surface area contributed by atoms with Gasteiger partial charge in [0.1, 0.15) is 9.84 Å². The van der Waals surface area contributed by atoms with Crippen LogP contribution in [0.1, 0.15) is 48.1 Å². The molecule has 0 aliphatic carbocycles. The number of nitrogens with one attached hydrogen (secondary N) is 1. The molecule has 1 unspecified atom stereocenters. The van der Waals surface area contributed by atoms with E-state index in [1.807, 2.05) is 0 Å². The Morgan fingerprint density at radius 3 is 2.20 bits per heavy atom. The fraction of sp³-hybridized carbons (Fsp3) is 0.625. The topological polar surface area (TPSA) is 46.2 Å². The minimum atomic E-state index is -2.78. The molecular weight excluding hydrogens is 270 g/mol. The smallest absolute Gasteiger partial charge is 0.150 e. The van der Waals surface area contributed by atoms with Crippen LogP contribution in [-0.4, -0.2) is 26.0 Å². The number of rotatable bonds is 3. The average molecular weight is 295 g/mol. The number of hydrogen-bond donors (Lipinski definition) is 1. The quantitative estimate of drug-likeness (QED) is 0.932. The summed E-state index contributed by atoms with van der Waals surface area (Å²) < 4.78 is 22.9. The number of sulfone groups is 1. The van der Waals surface area contributed by atoms with E-state index < -0.39 is 9.84 Å². The zero-order valence-corrected chi connectivity index (χ0v) is 13.7. The van der Waals surface area contributed by atoms with Crippen molar-refractivity contribution < 1.29 is 8.42 Å². The molecule has 0 radical (unpaired) electrons. The summed E-state index contributed by atoms with van der Waals surface area (Å²) >= 11 is 0. The second-order valence-corrected chi connectivity index (χ2v) is 8.41. The molecule has 4 heteroatoms. The van der Waals surface area contributed by atoms with Gasteiger partial charge >= 0.3 is 0 Å². The fourth-order valence-electron chi connectivity index (χ4n) is 2.95. The molecule has 1 fully saturated rings. The van der Waals surface area contributed by atoms with Crippen LogP contribution in [0.25, 0.3) is 0 Å². The molecule has 112 valence electrons. The zero-order chi connectivity index (χ0) is 14.9. The van der Waals surface area contributed by atoms with Crippen molar-refractivity contribution >= 4 is 9.84 Å². The van der Waals surface area contributed by atoms with Crippen LogP contribution in [0.15, 0.2) is 12.1 Å². The highest BCUT2D eigenvalue weighted by atomic mass is 32.2. The molecule has 0 spiro atoms. The molecule has 0 amide bonds. The van der Waals surface area contributed by atoms with Gasteiger partial charge in [-0.15, -0.1) is 0 Å². The third kappa shape index (κ3) is 3.61. The molecule has 0 aromatic heterocycles. The summed E-state index contributed by atoms with van der Waals surface area (Å²) in [6.45, 7) is 8.58. The van der Waals surface area contributed by atoms with Gasteiger partial charge in [-0.1, -0.05) is 12.1 Å². The Bertz CT molecular complexity index is 579. The average Bonchev–Trinajstić information content (AvgIpc) is 2.36. The molecule has 1 aliphatic heterocycles. The van der Waals surface area contributed by atoms with Crippen LogP contribution in [0.4, 0.5) is 0 Å². The Labute approximate surface area is 122 Å². The molecule has 1 heterocycles. The van der Waals surface area contributed by atoms with Crippen molar-refractivity contribution in [2.24, 2.45) is 0 Å². The van der Waals surface area contributed by atoms with Gasteiger partial charge in [0.15, 0.2) is 0 Å². The van der Waals surface area contributed by atoms with Crippen LogP contribution in [-0.2, 0) is 9.84 Å². The van der Waals surface area contributed by atoms with E-state index in [1.165, 1.54) is 22.3 Å². The summed E-state index contributed by atoms with van der Waals surface area (Å²) in [6, 6.07) is 5.06. The van der Waals surface area contributed by atoms with Gasteiger partial charge in [-0.05, 0) is 62.8 Å². The molecule has 3 nitrogen and oxygen atoms in total. The van der Waals surface area contributed by atoms with Crippen LogP contribution >= 0.6 is 0 Å². The first-order valence-electron chi connectivity index (χ1n) is 7.33. The molecule has 1 aromatic carbocycles. The van der Waals surface area contributed by atoms with Gasteiger partial charge in [0.25, 0.3) is 0 Å². The Balaban J connectivity index is 2.06. The van der Waals surface area contributed by atoms with Crippen molar-refractivity contribution in [3.8, 4) is 0 Å². The van der Waals surface area contributed by atoms with E-state index in [-0.39, 0.29) is 6.04 Å². The minimum Gasteiger partial charge on any atom is -0.307 e. The molecule has 1 N–H and O–H groups in total. The van der Waals surface area contributed by atoms with Gasteiger partial charge in [0.05, 0.1) is 11.5 Å². The second-order valence-electron chi connectivity index (χ2n) is 6.11. The molecule has 1 atom stereocenters. The van der Waals surface area contributed by atoms with Crippen LogP contribution in [0.2, 0.25) is 0 Å². The van der Waals surface area contributed by atoms with Gasteiger partial charge in [0.2, 0.25) is 0 Å². The van der Waals surface area contributed by atoms with E-state index in [0.717, 1.165) is 12.8 Å². The van der Waals surface area contributed by atoms with Gasteiger partial charge in [-0.25, -0.2) is 8.42 Å². The monoisotopic (exact) mass is 295 g/mol. The predicted molar refractivity (Wildman–Crippen MR) is 83.9 cm³/mol. The van der Waals surface area contributed by atoms with Crippen molar-refractivity contribution in [2.75, 3.05) is 11.5 Å². The van der Waals surface area contributed by atoms with E-state index >= 15 is 0 Å². The molecule has 0 bridgehead atoms. The maximum Gasteiger partial charge on any atom is 0.150 e. The molecular formula is C16H25NO2S. The maximum absolute atomic E-state index is 11.5. The molecule has 2 rings (SSSR count). The first kappa shape index (κ1) is 15.5. The van der Waals surface area contributed by atoms with Crippen molar-refractivity contribution in [1.82, 2.24) is 5.32 Å². The van der Waals surface area contributed by atoms with Gasteiger partial charge in [-0.3, -0.25) is 0 Å². The van der Waals surface area contributed by atoms with Gasteiger partial charge < -0.3 is 5.32 Å². The van der Waals surface area contributed by atoms with Crippen molar-refractivity contribution in [3.05, 3.63) is 34.4 Å². The molecule has 0 saturated carbocycles. The van der Waals surface area contributed by atoms with Crippen LogP contribution in [0.3, 0.4) is 0 Å². The van der Waals surface area contributed by atoms with Gasteiger partial charge in [0, 0.05) is 12.1 Å². The first-order chi connectivity index (χ1) is 9.28. The fourth-order valence-corrected chi connectivity index (χ4v) is 4.44. The summed E-state index contributed by atoms with van der Waals surface area (Å²) in [5.41, 5.74) is 5.26. The predicted octanol–water partition coefficient (Wildman–Crippen LogP) is 2.84. The summed E-state index contributed by atoms with van der Waals surface area (Å²) in [7, 11) is -2.78. The Kier molecular flexibility index (Phi) is 4.55. The zero-order valence-electron chi connectivity index (χ0n) is 12.9. The largest absolute Gasteiger partial charge is 0.307 e. The highest BCUT2D eigenvalue weighted by Gasteiger charge is 2.25. The normalized spacial score (nSPS) is 20.8. The lowest BCUT2D eigenvalue weighted by Crippen LogP contribution is -2.38. The number of benzene rings is 1. The standard InChI is InChI=1S/C16H25NO2S/c1-11-9-13(3)16(10-12(11)2)14(4)17-15-5-7-20(18,19)8-6-15/h9-10,14-15,17H,5-8H2,1-4H3. The Morgan fingerprint density at radius 1 is 1.05 bits per heavy atom. The van der Waals surface area contributed by atoms with Crippen LogP contribution in [0.5, 0.6) is 0 Å². The summed E-state index contributed by atoms with van der Waals surface area (Å²) in [4.78, 5) is 0. The van der Waals surface area contributed by atoms with E-state index in [4.69, 9.17) is 0 Å². The number of hydrogen-bond acceptors (Lipinski definition) is 3. The van der Waals surface area contributed by atoms with E-state index in [2.05, 4.69) is 45.1 Å². The molecule has 1 aromatic rings. The highest BCUT2D eigenvalue weighted by molar-refractivity contribution is 7.91. The summed E-state index contributed by atoms with van der Waals surface area (Å²) in [5, 5.41) is 3.60. The lowest BCUT2D eigenvalue weighted by Gasteiger charge is -2.28. The summed E-state index contributed by atoms with van der Waals surface area (Å²) in [6.07, 6.45) is 1.47. The minimum absolute atomic E-state index is 0.264. The van der Waals surface area contributed by atoms with E-state index in [1.54, 1.807) is 0 Å². The second kappa shape index (κ2) is 5.86. The van der Waals surface area contributed by atoms with E-state index in [9.17, 15) is 8.42 Å². The SMILES string of the molecule is Cc1cc(C)c(C(C)NC2CCS(=O)(=O)CC2)cc1C. The molecule has 1 aliphatic rings. The van der Waals surface area contributed by atoms with Crippen molar-refractivity contribution in [2.45, 2.75) is 52.6 Å². The molecule has 20 heavy (non-hydrogen) atoms. The third-order valence-corrected chi connectivity index (χ3v) is 6.10. The Hall–Kier alpha value is -0.870. The lowest BCUT2D eigenvalue weighted by atomic mass is 9.95. The molecule has 1 saturated heterocycles. The van der Waals surface area contributed by atoms with Gasteiger partial charge in [-0.2, -0.15) is 0 Å². The van der Waals surface area contributed by atoms with E-state index in [0.29, 0.717) is 17.5 Å².